The van der Waals surface area contributed by atoms with E-state index in [1.807, 2.05) is 28.9 Å². The van der Waals surface area contributed by atoms with Crippen molar-refractivity contribution in [2.24, 2.45) is 0 Å². The molecule has 2 aromatic carbocycles. The number of carbonyl (C=O) groups is 1. The molecule has 0 unspecified atom stereocenters. The van der Waals surface area contributed by atoms with Gasteiger partial charge in [0.15, 0.2) is 0 Å². The first-order valence-electron chi connectivity index (χ1n) is 9.77. The SMILES string of the molecule is COc1ccc(-n2ncc(C(=O)Nc3c(Cl)cccc3Cl)c2C2CCNCC2)cc1.Cl. The van der Waals surface area contributed by atoms with Crippen molar-refractivity contribution in [3.05, 3.63) is 70.0 Å². The molecule has 9 heteroatoms. The summed E-state index contributed by atoms with van der Waals surface area (Å²) in [4.78, 5) is 13.2. The zero-order valence-corrected chi connectivity index (χ0v) is 19.2. The van der Waals surface area contributed by atoms with Crippen LogP contribution in [0.15, 0.2) is 48.7 Å². The van der Waals surface area contributed by atoms with E-state index in [-0.39, 0.29) is 24.2 Å². The molecule has 0 aliphatic carbocycles. The number of methoxy groups -OCH3 is 1. The maximum atomic E-state index is 13.2. The minimum atomic E-state index is -0.279. The summed E-state index contributed by atoms with van der Waals surface area (Å²) in [5, 5.41) is 11.6. The Balaban J connectivity index is 0.00000272. The minimum Gasteiger partial charge on any atom is -0.497 e. The van der Waals surface area contributed by atoms with Crippen LogP contribution >= 0.6 is 35.6 Å². The van der Waals surface area contributed by atoms with Gasteiger partial charge >= 0.3 is 0 Å². The normalized spacial score (nSPS) is 14.0. The number of hydrogen-bond donors (Lipinski definition) is 2. The summed E-state index contributed by atoms with van der Waals surface area (Å²) in [6.07, 6.45) is 3.46. The van der Waals surface area contributed by atoms with Crippen LogP contribution in [0.1, 0.15) is 34.8 Å². The first-order chi connectivity index (χ1) is 14.6. The Morgan fingerprint density at radius 2 is 1.77 bits per heavy atom. The zero-order chi connectivity index (χ0) is 21.1. The van der Waals surface area contributed by atoms with Gasteiger partial charge in [0.25, 0.3) is 5.91 Å². The number of aromatic nitrogens is 2. The van der Waals surface area contributed by atoms with Crippen LogP contribution in [0.5, 0.6) is 5.75 Å². The Morgan fingerprint density at radius 1 is 1.13 bits per heavy atom. The molecular weight excluding hydrogens is 459 g/mol. The summed E-state index contributed by atoms with van der Waals surface area (Å²) in [6, 6.07) is 12.8. The maximum Gasteiger partial charge on any atom is 0.259 e. The first-order valence-corrected chi connectivity index (χ1v) is 10.5. The van der Waals surface area contributed by atoms with Crippen LogP contribution in [0, 0.1) is 0 Å². The standard InChI is InChI=1S/C22H22Cl2N4O2.ClH/c1-30-16-7-5-15(6-8-16)28-21(14-9-11-25-12-10-14)17(13-26-28)22(29)27-20-18(23)3-2-4-19(20)24;/h2-8,13-14,25H,9-12H2,1H3,(H,27,29);1H. The molecule has 1 aliphatic rings. The number of para-hydroxylation sites is 1. The average molecular weight is 482 g/mol. The summed E-state index contributed by atoms with van der Waals surface area (Å²) in [7, 11) is 1.63. The van der Waals surface area contributed by atoms with Gasteiger partial charge in [0.2, 0.25) is 0 Å². The molecular formula is C22H23Cl3N4O2. The number of halogens is 3. The van der Waals surface area contributed by atoms with Gasteiger partial charge < -0.3 is 15.4 Å². The van der Waals surface area contributed by atoms with Gasteiger partial charge in [-0.15, -0.1) is 12.4 Å². The van der Waals surface area contributed by atoms with Gasteiger partial charge in [0.1, 0.15) is 5.75 Å². The Labute approximate surface area is 197 Å². The van der Waals surface area contributed by atoms with Crippen LogP contribution in [0.3, 0.4) is 0 Å². The van der Waals surface area contributed by atoms with Gasteiger partial charge in [-0.2, -0.15) is 5.10 Å². The molecule has 1 aliphatic heterocycles. The van der Waals surface area contributed by atoms with E-state index in [4.69, 9.17) is 27.9 Å². The van der Waals surface area contributed by atoms with E-state index in [0.717, 1.165) is 43.1 Å². The van der Waals surface area contributed by atoms with Crippen LogP contribution in [0.2, 0.25) is 10.0 Å². The highest BCUT2D eigenvalue weighted by Crippen LogP contribution is 2.33. The highest BCUT2D eigenvalue weighted by molar-refractivity contribution is 6.40. The van der Waals surface area contributed by atoms with Crippen molar-refractivity contribution < 1.29 is 9.53 Å². The fraction of sp³-hybridized carbons (Fsp3) is 0.273. The maximum absolute atomic E-state index is 13.2. The zero-order valence-electron chi connectivity index (χ0n) is 16.9. The second-order valence-electron chi connectivity index (χ2n) is 7.13. The van der Waals surface area contributed by atoms with Gasteiger partial charge in [0, 0.05) is 5.92 Å². The molecule has 0 atom stereocenters. The molecule has 3 aromatic rings. The molecule has 0 radical (unpaired) electrons. The lowest BCUT2D eigenvalue weighted by Gasteiger charge is -2.25. The third-order valence-corrected chi connectivity index (χ3v) is 5.93. The van der Waals surface area contributed by atoms with Gasteiger partial charge in [-0.05, 0) is 62.3 Å². The number of anilines is 1. The van der Waals surface area contributed by atoms with Crippen molar-refractivity contribution in [3.63, 3.8) is 0 Å². The summed E-state index contributed by atoms with van der Waals surface area (Å²) < 4.78 is 7.10. The van der Waals surface area contributed by atoms with Gasteiger partial charge in [0.05, 0.1) is 46.0 Å². The number of rotatable bonds is 5. The molecule has 0 spiro atoms. The topological polar surface area (TPSA) is 68.2 Å². The molecule has 164 valence electrons. The van der Waals surface area contributed by atoms with Crippen molar-refractivity contribution in [2.45, 2.75) is 18.8 Å². The van der Waals surface area contributed by atoms with Crippen LogP contribution < -0.4 is 15.4 Å². The summed E-state index contributed by atoms with van der Waals surface area (Å²) in [5.41, 5.74) is 2.69. The smallest absolute Gasteiger partial charge is 0.259 e. The lowest BCUT2D eigenvalue weighted by molar-refractivity contribution is 0.102. The molecule has 1 saturated heterocycles. The van der Waals surface area contributed by atoms with Crippen LogP contribution in [0.4, 0.5) is 5.69 Å². The van der Waals surface area contributed by atoms with Gasteiger partial charge in [-0.25, -0.2) is 4.68 Å². The van der Waals surface area contributed by atoms with Crippen molar-refractivity contribution >= 4 is 47.2 Å². The number of amides is 1. The largest absolute Gasteiger partial charge is 0.497 e. The van der Waals surface area contributed by atoms with Crippen molar-refractivity contribution in [2.75, 3.05) is 25.5 Å². The molecule has 1 fully saturated rings. The molecule has 2 N–H and O–H groups in total. The Morgan fingerprint density at radius 3 is 2.39 bits per heavy atom. The highest BCUT2D eigenvalue weighted by atomic mass is 35.5. The number of nitrogens with zero attached hydrogens (tertiary/aromatic N) is 2. The van der Waals surface area contributed by atoms with E-state index in [2.05, 4.69) is 15.7 Å². The fourth-order valence-corrected chi connectivity index (χ4v) is 4.24. The number of benzene rings is 2. The Kier molecular flexibility index (Phi) is 7.84. The Hall–Kier alpha value is -2.25. The molecule has 4 rings (SSSR count). The second-order valence-corrected chi connectivity index (χ2v) is 7.94. The third kappa shape index (κ3) is 4.99. The van der Waals surface area contributed by atoms with E-state index in [1.54, 1.807) is 31.5 Å². The summed E-state index contributed by atoms with van der Waals surface area (Å²) in [5.74, 6) is 0.692. The van der Waals surface area contributed by atoms with Crippen LogP contribution in [-0.2, 0) is 0 Å². The number of hydrogen-bond acceptors (Lipinski definition) is 4. The van der Waals surface area contributed by atoms with Crippen molar-refractivity contribution in [1.82, 2.24) is 15.1 Å². The van der Waals surface area contributed by atoms with E-state index in [0.29, 0.717) is 21.3 Å². The second kappa shape index (κ2) is 10.4. The number of ether oxygens (including phenoxy) is 1. The molecule has 1 aromatic heterocycles. The number of nitrogens with one attached hydrogen (secondary N) is 2. The molecule has 0 saturated carbocycles. The summed E-state index contributed by atoms with van der Waals surface area (Å²) in [6.45, 7) is 1.80. The van der Waals surface area contributed by atoms with Gasteiger partial charge in [-0.1, -0.05) is 29.3 Å². The molecule has 6 nitrogen and oxygen atoms in total. The Bertz CT molecular complexity index is 1030. The van der Waals surface area contributed by atoms with Gasteiger partial charge in [-0.3, -0.25) is 4.79 Å². The summed E-state index contributed by atoms with van der Waals surface area (Å²) >= 11 is 12.5. The van der Waals surface area contributed by atoms with E-state index in [9.17, 15) is 4.79 Å². The fourth-order valence-electron chi connectivity index (χ4n) is 3.75. The van der Waals surface area contributed by atoms with Crippen molar-refractivity contribution in [1.29, 1.82) is 0 Å². The molecule has 0 bridgehead atoms. The number of piperidine rings is 1. The molecule has 1 amide bonds. The monoisotopic (exact) mass is 480 g/mol. The van der Waals surface area contributed by atoms with E-state index < -0.39 is 0 Å². The van der Waals surface area contributed by atoms with Crippen LogP contribution in [-0.4, -0.2) is 35.9 Å². The number of carbonyl (C=O) groups excluding carboxylic acids is 1. The quantitative estimate of drug-likeness (QED) is 0.517. The lowest BCUT2D eigenvalue weighted by Crippen LogP contribution is -2.29. The van der Waals surface area contributed by atoms with Crippen molar-refractivity contribution in [3.8, 4) is 11.4 Å². The minimum absolute atomic E-state index is 0. The molecule has 31 heavy (non-hydrogen) atoms. The highest BCUT2D eigenvalue weighted by Gasteiger charge is 2.27. The molecule has 2 heterocycles. The van der Waals surface area contributed by atoms with E-state index >= 15 is 0 Å². The average Bonchev–Trinajstić information content (AvgIpc) is 3.22. The van der Waals surface area contributed by atoms with E-state index in [1.165, 1.54) is 0 Å². The lowest BCUT2D eigenvalue weighted by atomic mass is 9.91. The first kappa shape index (κ1) is 23.4. The third-order valence-electron chi connectivity index (χ3n) is 5.30. The predicted octanol–water partition coefficient (Wildman–Crippen LogP) is 5.33. The van der Waals surface area contributed by atoms with Crippen LogP contribution in [0.25, 0.3) is 5.69 Å². The predicted molar refractivity (Wildman–Crippen MR) is 127 cm³/mol.